The molecule has 0 bridgehead atoms. The molecule has 0 radical (unpaired) electrons. The third-order valence-corrected chi connectivity index (χ3v) is 6.13. The van der Waals surface area contributed by atoms with Gasteiger partial charge in [-0.2, -0.15) is 5.10 Å². The van der Waals surface area contributed by atoms with Crippen molar-refractivity contribution in [3.63, 3.8) is 0 Å². The number of rotatable bonds is 5. The van der Waals surface area contributed by atoms with Crippen LogP contribution in [0.25, 0.3) is 5.69 Å². The number of allylic oxidation sites excluding steroid dienone is 2. The molecule has 0 spiro atoms. The summed E-state index contributed by atoms with van der Waals surface area (Å²) in [5.41, 5.74) is 0.557. The number of urea groups is 1. The van der Waals surface area contributed by atoms with Crippen molar-refractivity contribution in [3.05, 3.63) is 65.7 Å². The Morgan fingerprint density at radius 2 is 2.15 bits per heavy atom. The molecule has 2 N–H and O–H groups in total. The van der Waals surface area contributed by atoms with Gasteiger partial charge in [0.25, 0.3) is 0 Å². The van der Waals surface area contributed by atoms with E-state index in [0.717, 1.165) is 0 Å². The molecule has 8 nitrogen and oxygen atoms in total. The third kappa shape index (κ3) is 5.09. The summed E-state index contributed by atoms with van der Waals surface area (Å²) in [4.78, 5) is 27.5. The molecule has 174 valence electrons. The Hall–Kier alpha value is -3.17. The summed E-state index contributed by atoms with van der Waals surface area (Å²) in [6.45, 7) is 2.20. The molecule has 10 heteroatoms. The molecule has 3 amide bonds. The Bertz CT molecular complexity index is 1090. The second kappa shape index (κ2) is 9.76. The zero-order valence-electron chi connectivity index (χ0n) is 18.2. The molecule has 2 aliphatic rings. The van der Waals surface area contributed by atoms with Gasteiger partial charge in [0, 0.05) is 43.6 Å². The molecule has 1 fully saturated rings. The van der Waals surface area contributed by atoms with Crippen molar-refractivity contribution in [1.82, 2.24) is 20.0 Å². The van der Waals surface area contributed by atoms with Gasteiger partial charge in [0.1, 0.15) is 11.9 Å². The minimum atomic E-state index is -0.804. The standard InChI is InChI=1S/C23H25ClFN5O3/c1-14-10-15(24)4-6-19(14)28-23(32)29-13-17(33-2)12-21(29)22(31)27-20-7-5-16(11-18(20)25)30-9-3-8-26-30/h3-11,14,17,19,21H,12-13H2,1-2H3,(H,27,31)(H,28,32)/t14?,17-,19?,21-/m1/s1. The molecule has 2 aromatic rings. The van der Waals surface area contributed by atoms with Crippen LogP contribution in [0.1, 0.15) is 13.3 Å². The molecule has 0 saturated carbocycles. The number of hydrogen-bond acceptors (Lipinski definition) is 4. The Kier molecular flexibility index (Phi) is 6.80. The van der Waals surface area contributed by atoms with Crippen LogP contribution in [-0.2, 0) is 9.53 Å². The molecule has 2 heterocycles. The fraction of sp³-hybridized carbons (Fsp3) is 0.348. The molecule has 2 unspecified atom stereocenters. The highest BCUT2D eigenvalue weighted by molar-refractivity contribution is 6.31. The molecule has 1 aliphatic heterocycles. The Labute approximate surface area is 196 Å². The Morgan fingerprint density at radius 3 is 2.82 bits per heavy atom. The maximum absolute atomic E-state index is 14.7. The van der Waals surface area contributed by atoms with Crippen LogP contribution in [0.3, 0.4) is 0 Å². The molecular formula is C23H25ClFN5O3. The number of amides is 3. The smallest absolute Gasteiger partial charge is 0.318 e. The number of halogens is 2. The first-order valence-corrected chi connectivity index (χ1v) is 11.0. The highest BCUT2D eigenvalue weighted by Gasteiger charge is 2.40. The fourth-order valence-corrected chi connectivity index (χ4v) is 4.28. The van der Waals surface area contributed by atoms with Crippen molar-refractivity contribution in [3.8, 4) is 5.69 Å². The van der Waals surface area contributed by atoms with E-state index >= 15 is 0 Å². The average molecular weight is 474 g/mol. The first-order valence-electron chi connectivity index (χ1n) is 10.6. The number of ether oxygens (including phenoxy) is 1. The SMILES string of the molecule is CO[C@@H]1C[C@H](C(=O)Nc2ccc(-n3cccn3)cc2F)N(C(=O)NC2C=CC(Cl)=CC2C)C1. The van der Waals surface area contributed by atoms with Gasteiger partial charge in [-0.15, -0.1) is 0 Å². The van der Waals surface area contributed by atoms with Gasteiger partial charge in [0.2, 0.25) is 5.91 Å². The van der Waals surface area contributed by atoms with Crippen LogP contribution >= 0.6 is 11.6 Å². The van der Waals surface area contributed by atoms with E-state index in [1.807, 2.05) is 19.1 Å². The molecule has 33 heavy (non-hydrogen) atoms. The molecule has 1 aliphatic carbocycles. The van der Waals surface area contributed by atoms with Gasteiger partial charge < -0.3 is 20.3 Å². The van der Waals surface area contributed by atoms with Crippen LogP contribution in [0.4, 0.5) is 14.9 Å². The molecular weight excluding hydrogens is 449 g/mol. The van der Waals surface area contributed by atoms with Crippen LogP contribution in [0.5, 0.6) is 0 Å². The van der Waals surface area contributed by atoms with Crippen LogP contribution < -0.4 is 10.6 Å². The summed E-state index contributed by atoms with van der Waals surface area (Å²) < 4.78 is 21.6. The van der Waals surface area contributed by atoms with E-state index in [0.29, 0.717) is 17.1 Å². The lowest BCUT2D eigenvalue weighted by atomic mass is 9.97. The van der Waals surface area contributed by atoms with Gasteiger partial charge in [-0.05, 0) is 30.2 Å². The number of carbonyl (C=O) groups is 2. The number of carbonyl (C=O) groups excluding carboxylic acids is 2. The molecule has 1 aromatic carbocycles. The highest BCUT2D eigenvalue weighted by atomic mass is 35.5. The number of nitrogens with zero attached hydrogens (tertiary/aromatic N) is 3. The number of hydrogen-bond donors (Lipinski definition) is 2. The third-order valence-electron chi connectivity index (χ3n) is 5.88. The highest BCUT2D eigenvalue weighted by Crippen LogP contribution is 2.25. The average Bonchev–Trinajstić information content (AvgIpc) is 3.47. The monoisotopic (exact) mass is 473 g/mol. The van der Waals surface area contributed by atoms with E-state index in [9.17, 15) is 14.0 Å². The van der Waals surface area contributed by atoms with E-state index in [4.69, 9.17) is 16.3 Å². The van der Waals surface area contributed by atoms with Gasteiger partial charge in [0.15, 0.2) is 0 Å². The molecule has 4 atom stereocenters. The normalized spacial score (nSPS) is 24.5. The van der Waals surface area contributed by atoms with Gasteiger partial charge >= 0.3 is 6.03 Å². The lowest BCUT2D eigenvalue weighted by Gasteiger charge is -2.29. The van der Waals surface area contributed by atoms with Gasteiger partial charge in [-0.25, -0.2) is 13.9 Å². The number of nitrogens with one attached hydrogen (secondary N) is 2. The van der Waals surface area contributed by atoms with Crippen molar-refractivity contribution in [2.75, 3.05) is 19.0 Å². The first-order chi connectivity index (χ1) is 15.9. The fourth-order valence-electron chi connectivity index (χ4n) is 4.01. The van der Waals surface area contributed by atoms with Gasteiger partial charge in [-0.1, -0.05) is 30.7 Å². The van der Waals surface area contributed by atoms with Crippen LogP contribution in [0.15, 0.2) is 59.9 Å². The second-order valence-corrected chi connectivity index (χ2v) is 8.55. The number of anilines is 1. The van der Waals surface area contributed by atoms with E-state index in [-0.39, 0.29) is 30.3 Å². The molecule has 1 aromatic heterocycles. The lowest BCUT2D eigenvalue weighted by Crippen LogP contribution is -2.51. The zero-order valence-corrected chi connectivity index (χ0v) is 19.0. The van der Waals surface area contributed by atoms with E-state index in [1.165, 1.54) is 28.8 Å². The number of aromatic nitrogens is 2. The van der Waals surface area contributed by atoms with Crippen molar-refractivity contribution >= 4 is 29.2 Å². The summed E-state index contributed by atoms with van der Waals surface area (Å²) in [6, 6.07) is 4.70. The largest absolute Gasteiger partial charge is 0.380 e. The maximum Gasteiger partial charge on any atom is 0.318 e. The maximum atomic E-state index is 14.7. The summed E-state index contributed by atoms with van der Waals surface area (Å²) >= 11 is 6.02. The first kappa shape index (κ1) is 23.0. The topological polar surface area (TPSA) is 88.5 Å². The molecule has 1 saturated heterocycles. The van der Waals surface area contributed by atoms with Crippen molar-refractivity contribution in [2.24, 2.45) is 5.92 Å². The lowest BCUT2D eigenvalue weighted by molar-refractivity contribution is -0.119. The molecule has 4 rings (SSSR count). The minimum Gasteiger partial charge on any atom is -0.380 e. The van der Waals surface area contributed by atoms with Crippen LogP contribution in [0, 0.1) is 11.7 Å². The minimum absolute atomic E-state index is 0.00180. The number of benzene rings is 1. The second-order valence-electron chi connectivity index (χ2n) is 8.11. The predicted molar refractivity (Wildman–Crippen MR) is 123 cm³/mol. The summed E-state index contributed by atoms with van der Waals surface area (Å²) in [6.07, 6.45) is 8.70. The van der Waals surface area contributed by atoms with Crippen LogP contribution in [-0.4, -0.2) is 58.5 Å². The Morgan fingerprint density at radius 1 is 1.33 bits per heavy atom. The van der Waals surface area contributed by atoms with E-state index < -0.39 is 23.8 Å². The summed E-state index contributed by atoms with van der Waals surface area (Å²) in [7, 11) is 1.54. The zero-order chi connectivity index (χ0) is 23.5. The quantitative estimate of drug-likeness (QED) is 0.696. The van der Waals surface area contributed by atoms with Gasteiger partial charge in [0.05, 0.1) is 23.5 Å². The Balaban J connectivity index is 1.46. The number of likely N-dealkylation sites (tertiary alicyclic amines) is 1. The summed E-state index contributed by atoms with van der Waals surface area (Å²) in [5.74, 6) is -1.08. The van der Waals surface area contributed by atoms with E-state index in [1.54, 1.807) is 30.6 Å². The van der Waals surface area contributed by atoms with Gasteiger partial charge in [-0.3, -0.25) is 4.79 Å². The van der Waals surface area contributed by atoms with Crippen molar-refractivity contribution < 1.29 is 18.7 Å². The number of methoxy groups -OCH3 is 1. The van der Waals surface area contributed by atoms with E-state index in [2.05, 4.69) is 15.7 Å². The van der Waals surface area contributed by atoms with Crippen LogP contribution in [0.2, 0.25) is 0 Å². The van der Waals surface area contributed by atoms with Crippen molar-refractivity contribution in [1.29, 1.82) is 0 Å². The summed E-state index contributed by atoms with van der Waals surface area (Å²) in [5, 5.41) is 10.2. The van der Waals surface area contributed by atoms with Crippen molar-refractivity contribution in [2.45, 2.75) is 31.5 Å². The predicted octanol–water partition coefficient (Wildman–Crippen LogP) is 3.45.